The third-order valence-corrected chi connectivity index (χ3v) is 4.35. The first-order valence-electron chi connectivity index (χ1n) is 9.24. The van der Waals surface area contributed by atoms with E-state index in [1.165, 1.54) is 5.57 Å². The van der Waals surface area contributed by atoms with Crippen LogP contribution in [0.25, 0.3) is 16.5 Å². The van der Waals surface area contributed by atoms with Crippen molar-refractivity contribution in [3.8, 4) is 0 Å². The molecule has 0 atom stereocenters. The molecule has 0 aliphatic carbocycles. The van der Waals surface area contributed by atoms with Crippen LogP contribution in [0.3, 0.4) is 0 Å². The lowest BCUT2D eigenvalue weighted by Crippen LogP contribution is -2.39. The number of esters is 1. The van der Waals surface area contributed by atoms with Crippen LogP contribution in [-0.2, 0) is 9.47 Å². The van der Waals surface area contributed by atoms with Gasteiger partial charge in [0, 0.05) is 24.0 Å². The van der Waals surface area contributed by atoms with Crippen LogP contribution in [0, 0.1) is 0 Å². The molecule has 0 spiro atoms. The maximum absolute atomic E-state index is 12.2. The number of nitrogens with one attached hydrogen (secondary N) is 1. The number of hydrogen-bond donors (Lipinski definition) is 1. The molecule has 1 amide bonds. The fourth-order valence-corrected chi connectivity index (χ4v) is 3.07. The number of benzene rings is 1. The molecule has 1 aromatic carbocycles. The summed E-state index contributed by atoms with van der Waals surface area (Å²) in [6.45, 7) is 8.89. The number of nitrogens with zero attached hydrogens (tertiary/aromatic N) is 1. The summed E-state index contributed by atoms with van der Waals surface area (Å²) in [5, 5.41) is 0.964. The quantitative estimate of drug-likeness (QED) is 0.815. The fraction of sp³-hybridized carbons (Fsp3) is 0.429. The summed E-state index contributed by atoms with van der Waals surface area (Å²) < 4.78 is 10.5. The van der Waals surface area contributed by atoms with Crippen LogP contribution in [-0.4, -0.2) is 47.2 Å². The number of rotatable bonds is 3. The van der Waals surface area contributed by atoms with Crippen molar-refractivity contribution in [2.75, 3.05) is 19.7 Å². The van der Waals surface area contributed by atoms with Gasteiger partial charge >= 0.3 is 12.1 Å². The largest absolute Gasteiger partial charge is 0.461 e. The van der Waals surface area contributed by atoms with Crippen LogP contribution < -0.4 is 0 Å². The predicted molar refractivity (Wildman–Crippen MR) is 105 cm³/mol. The van der Waals surface area contributed by atoms with Crippen molar-refractivity contribution >= 4 is 28.5 Å². The summed E-state index contributed by atoms with van der Waals surface area (Å²) in [5.41, 5.74) is 3.15. The Morgan fingerprint density at radius 2 is 2.00 bits per heavy atom. The Labute approximate surface area is 159 Å². The van der Waals surface area contributed by atoms with Gasteiger partial charge in [-0.3, -0.25) is 0 Å². The van der Waals surface area contributed by atoms with E-state index in [0.29, 0.717) is 25.4 Å². The van der Waals surface area contributed by atoms with E-state index in [1.54, 1.807) is 11.8 Å². The second kappa shape index (κ2) is 7.47. The lowest BCUT2D eigenvalue weighted by molar-refractivity contribution is 0.0270. The zero-order valence-electron chi connectivity index (χ0n) is 16.3. The van der Waals surface area contributed by atoms with Gasteiger partial charge in [0.2, 0.25) is 0 Å². The van der Waals surface area contributed by atoms with Crippen LogP contribution in [0.5, 0.6) is 0 Å². The number of carbonyl (C=O) groups excluding carboxylic acids is 2. The summed E-state index contributed by atoms with van der Waals surface area (Å²) in [4.78, 5) is 28.9. The molecule has 6 nitrogen and oxygen atoms in total. The van der Waals surface area contributed by atoms with Crippen LogP contribution in [0.15, 0.2) is 30.3 Å². The molecule has 0 fully saturated rings. The minimum atomic E-state index is -0.489. The average molecular weight is 370 g/mol. The molecular formula is C21H26N2O4. The number of aromatic nitrogens is 1. The molecular weight excluding hydrogens is 344 g/mol. The van der Waals surface area contributed by atoms with E-state index in [0.717, 1.165) is 22.9 Å². The first-order chi connectivity index (χ1) is 12.8. The maximum atomic E-state index is 12.2. The molecule has 0 saturated carbocycles. The van der Waals surface area contributed by atoms with E-state index in [-0.39, 0.29) is 12.1 Å². The van der Waals surface area contributed by atoms with Gasteiger partial charge in [0.05, 0.1) is 6.61 Å². The fourth-order valence-electron chi connectivity index (χ4n) is 3.07. The molecule has 1 aromatic heterocycles. The molecule has 144 valence electrons. The van der Waals surface area contributed by atoms with E-state index in [9.17, 15) is 9.59 Å². The Balaban J connectivity index is 1.74. The third kappa shape index (κ3) is 4.51. The lowest BCUT2D eigenvalue weighted by atomic mass is 9.98. The van der Waals surface area contributed by atoms with Crippen molar-refractivity contribution in [2.45, 2.75) is 39.7 Å². The van der Waals surface area contributed by atoms with Gasteiger partial charge in [-0.25, -0.2) is 9.59 Å². The molecule has 2 aromatic rings. The van der Waals surface area contributed by atoms with Crippen molar-refractivity contribution in [3.63, 3.8) is 0 Å². The Kier molecular flexibility index (Phi) is 5.26. The number of amides is 1. The maximum Gasteiger partial charge on any atom is 0.410 e. The molecule has 6 heteroatoms. The highest BCUT2D eigenvalue weighted by molar-refractivity contribution is 5.95. The van der Waals surface area contributed by atoms with Crippen LogP contribution in [0.4, 0.5) is 4.79 Å². The molecule has 1 aliphatic rings. The molecule has 0 unspecified atom stereocenters. The molecule has 0 radical (unpaired) electrons. The van der Waals surface area contributed by atoms with E-state index >= 15 is 0 Å². The van der Waals surface area contributed by atoms with Crippen LogP contribution >= 0.6 is 0 Å². The van der Waals surface area contributed by atoms with E-state index in [4.69, 9.17) is 9.47 Å². The van der Waals surface area contributed by atoms with Gasteiger partial charge in [-0.1, -0.05) is 12.1 Å². The van der Waals surface area contributed by atoms with Crippen molar-refractivity contribution in [1.29, 1.82) is 0 Å². The highest BCUT2D eigenvalue weighted by Crippen LogP contribution is 2.27. The summed E-state index contributed by atoms with van der Waals surface area (Å²) >= 11 is 0. The first-order valence-corrected chi connectivity index (χ1v) is 9.24. The topological polar surface area (TPSA) is 71.6 Å². The highest BCUT2D eigenvalue weighted by Gasteiger charge is 2.24. The molecule has 3 rings (SSSR count). The van der Waals surface area contributed by atoms with Crippen LogP contribution in [0.1, 0.15) is 50.2 Å². The molecule has 0 bridgehead atoms. The Hall–Kier alpha value is -2.76. The Bertz CT molecular complexity index is 889. The number of ether oxygens (including phenoxy) is 2. The molecule has 1 N–H and O–H groups in total. The number of hydrogen-bond acceptors (Lipinski definition) is 4. The third-order valence-electron chi connectivity index (χ3n) is 4.35. The number of H-pyrrole nitrogens is 1. The molecule has 0 saturated heterocycles. The van der Waals surface area contributed by atoms with Crippen molar-refractivity contribution in [3.05, 3.63) is 41.6 Å². The lowest BCUT2D eigenvalue weighted by Gasteiger charge is -2.29. The predicted octanol–water partition coefficient (Wildman–Crippen LogP) is 4.37. The number of aromatic amines is 1. The SMILES string of the molecule is CCOC(=O)c1cc2cc(C3=CCN(C(=O)OC(C)(C)C)CC3)ccc2[nH]1. The molecule has 27 heavy (non-hydrogen) atoms. The second-order valence-corrected chi connectivity index (χ2v) is 7.61. The summed E-state index contributed by atoms with van der Waals surface area (Å²) in [6, 6.07) is 7.87. The number of fused-ring (bicyclic) bond motifs is 1. The zero-order valence-corrected chi connectivity index (χ0v) is 16.3. The Morgan fingerprint density at radius 3 is 2.63 bits per heavy atom. The van der Waals surface area contributed by atoms with E-state index < -0.39 is 5.60 Å². The monoisotopic (exact) mass is 370 g/mol. The van der Waals surface area contributed by atoms with E-state index in [2.05, 4.69) is 17.1 Å². The van der Waals surface area contributed by atoms with Gasteiger partial charge in [0.25, 0.3) is 0 Å². The van der Waals surface area contributed by atoms with E-state index in [1.807, 2.05) is 39.0 Å². The van der Waals surface area contributed by atoms with Crippen molar-refractivity contribution in [2.24, 2.45) is 0 Å². The van der Waals surface area contributed by atoms with Crippen LogP contribution in [0.2, 0.25) is 0 Å². The molecule has 2 heterocycles. The van der Waals surface area contributed by atoms with Gasteiger partial charge in [-0.05, 0) is 63.5 Å². The van der Waals surface area contributed by atoms with Crippen molar-refractivity contribution in [1.82, 2.24) is 9.88 Å². The summed E-state index contributed by atoms with van der Waals surface area (Å²) in [5.74, 6) is -0.347. The highest BCUT2D eigenvalue weighted by atomic mass is 16.6. The van der Waals surface area contributed by atoms with Gasteiger partial charge in [0.1, 0.15) is 11.3 Å². The van der Waals surface area contributed by atoms with Crippen molar-refractivity contribution < 1.29 is 19.1 Å². The standard InChI is InChI=1S/C21H26N2O4/c1-5-26-19(24)18-13-16-12-15(6-7-17(16)22-18)14-8-10-23(11-9-14)20(25)27-21(2,3)4/h6-8,12-13,22H,5,9-11H2,1-4H3. The normalized spacial score (nSPS) is 14.8. The average Bonchev–Trinajstić information content (AvgIpc) is 3.04. The smallest absolute Gasteiger partial charge is 0.410 e. The number of carbonyl (C=O) groups is 2. The minimum absolute atomic E-state index is 0.280. The van der Waals surface area contributed by atoms with Gasteiger partial charge in [-0.2, -0.15) is 0 Å². The Morgan fingerprint density at radius 1 is 1.22 bits per heavy atom. The second-order valence-electron chi connectivity index (χ2n) is 7.61. The first kappa shape index (κ1) is 19.0. The summed E-state index contributed by atoms with van der Waals surface area (Å²) in [6.07, 6.45) is 2.55. The zero-order chi connectivity index (χ0) is 19.6. The minimum Gasteiger partial charge on any atom is -0.461 e. The molecule has 1 aliphatic heterocycles. The summed E-state index contributed by atoms with van der Waals surface area (Å²) in [7, 11) is 0. The van der Waals surface area contributed by atoms with Gasteiger partial charge in [0.15, 0.2) is 0 Å². The van der Waals surface area contributed by atoms with Gasteiger partial charge in [-0.15, -0.1) is 0 Å². The van der Waals surface area contributed by atoms with Gasteiger partial charge < -0.3 is 19.4 Å².